The maximum atomic E-state index is 14.3. The first-order valence-electron chi connectivity index (χ1n) is 11.0. The summed E-state index contributed by atoms with van der Waals surface area (Å²) in [4.78, 5) is 41.8. The molecule has 33 heavy (non-hydrogen) atoms. The molecule has 0 bridgehead atoms. The lowest BCUT2D eigenvalue weighted by molar-refractivity contribution is -0.138. The second-order valence-corrected chi connectivity index (χ2v) is 8.72. The van der Waals surface area contributed by atoms with Crippen molar-refractivity contribution < 1.29 is 19.1 Å². The van der Waals surface area contributed by atoms with Crippen LogP contribution in [0.4, 0.5) is 0 Å². The summed E-state index contributed by atoms with van der Waals surface area (Å²) < 4.78 is 5.44. The molecule has 0 radical (unpaired) electrons. The van der Waals surface area contributed by atoms with Gasteiger partial charge in [-0.05, 0) is 23.3 Å². The minimum absolute atomic E-state index is 0.0859. The number of carbonyl (C=O) groups is 3. The van der Waals surface area contributed by atoms with E-state index in [0.29, 0.717) is 35.4 Å². The third kappa shape index (κ3) is 2.50. The molecular weight excluding hydrogens is 416 g/mol. The molecule has 2 aliphatic heterocycles. The standard InChI is InChI=1S/C27H22N2O4/c1-33-19-11-7-10-18(16-19)24-27(25(31)20-12-5-6-13-21(20)26(27)32)23(17-8-3-2-4-9-17)28-15-14-22(30)29(24)28/h2-13,16,23-24H,14-15H2,1H3/t23-,24+/m0/s1. The molecule has 164 valence electrons. The largest absolute Gasteiger partial charge is 0.497 e. The third-order valence-corrected chi connectivity index (χ3v) is 7.18. The molecule has 2 atom stereocenters. The highest BCUT2D eigenvalue weighted by Gasteiger charge is 2.72. The highest BCUT2D eigenvalue weighted by atomic mass is 16.5. The van der Waals surface area contributed by atoms with E-state index in [0.717, 1.165) is 5.56 Å². The van der Waals surface area contributed by atoms with Crippen molar-refractivity contribution in [3.05, 3.63) is 101 Å². The number of ether oxygens (including phenoxy) is 1. The molecule has 6 heteroatoms. The van der Waals surface area contributed by atoms with Crippen molar-refractivity contribution in [3.63, 3.8) is 0 Å². The fourth-order valence-corrected chi connectivity index (χ4v) is 5.91. The minimum Gasteiger partial charge on any atom is -0.497 e. The lowest BCUT2D eigenvalue weighted by atomic mass is 9.67. The van der Waals surface area contributed by atoms with Crippen LogP contribution in [0, 0.1) is 5.41 Å². The van der Waals surface area contributed by atoms with Gasteiger partial charge in [0.25, 0.3) is 0 Å². The van der Waals surface area contributed by atoms with Gasteiger partial charge in [0.15, 0.2) is 11.6 Å². The summed E-state index contributed by atoms with van der Waals surface area (Å²) >= 11 is 0. The second kappa shape index (κ2) is 7.12. The Kier molecular flexibility index (Phi) is 4.29. The highest BCUT2D eigenvalue weighted by Crippen LogP contribution is 2.63. The van der Waals surface area contributed by atoms with Gasteiger partial charge in [-0.1, -0.05) is 66.7 Å². The number of ketones is 2. The van der Waals surface area contributed by atoms with Crippen molar-refractivity contribution in [1.82, 2.24) is 10.0 Å². The minimum atomic E-state index is -1.48. The first-order chi connectivity index (χ1) is 16.1. The monoisotopic (exact) mass is 438 g/mol. The quantitative estimate of drug-likeness (QED) is 0.578. The number of nitrogens with zero attached hydrogens (tertiary/aromatic N) is 2. The van der Waals surface area contributed by atoms with Gasteiger partial charge in [0.05, 0.1) is 19.2 Å². The molecule has 0 aromatic heterocycles. The lowest BCUT2D eigenvalue weighted by Gasteiger charge is -2.34. The summed E-state index contributed by atoms with van der Waals surface area (Å²) in [6.07, 6.45) is 0.342. The summed E-state index contributed by atoms with van der Waals surface area (Å²) in [7, 11) is 1.57. The number of methoxy groups -OCH3 is 1. The van der Waals surface area contributed by atoms with Crippen molar-refractivity contribution in [2.24, 2.45) is 5.41 Å². The fourth-order valence-electron chi connectivity index (χ4n) is 5.91. The maximum Gasteiger partial charge on any atom is 0.238 e. The van der Waals surface area contributed by atoms with Gasteiger partial charge < -0.3 is 4.74 Å². The Bertz CT molecular complexity index is 1270. The number of hydrogen-bond acceptors (Lipinski definition) is 5. The van der Waals surface area contributed by atoms with E-state index in [9.17, 15) is 14.4 Å². The van der Waals surface area contributed by atoms with Gasteiger partial charge in [-0.2, -0.15) is 0 Å². The van der Waals surface area contributed by atoms with Gasteiger partial charge in [0, 0.05) is 24.1 Å². The SMILES string of the molecule is COc1cccc([C@H]2N3C(=O)CCN3[C@@H](c3ccccc3)C23C(=O)c2ccccc2C3=O)c1. The molecule has 0 saturated carbocycles. The van der Waals surface area contributed by atoms with Crippen LogP contribution in [0.15, 0.2) is 78.9 Å². The van der Waals surface area contributed by atoms with E-state index in [4.69, 9.17) is 4.74 Å². The Morgan fingerprint density at radius 1 is 0.788 bits per heavy atom. The zero-order valence-corrected chi connectivity index (χ0v) is 18.1. The van der Waals surface area contributed by atoms with Gasteiger partial charge in [0.2, 0.25) is 5.91 Å². The Balaban J connectivity index is 1.67. The summed E-state index contributed by atoms with van der Waals surface area (Å²) in [5.41, 5.74) is 0.921. The van der Waals surface area contributed by atoms with Crippen molar-refractivity contribution in [2.75, 3.05) is 13.7 Å². The number of amides is 1. The van der Waals surface area contributed by atoms with E-state index < -0.39 is 17.5 Å². The molecule has 3 aromatic carbocycles. The van der Waals surface area contributed by atoms with E-state index in [1.54, 1.807) is 36.4 Å². The van der Waals surface area contributed by atoms with Crippen LogP contribution in [-0.4, -0.2) is 41.1 Å². The molecule has 1 spiro atoms. The Hall–Kier alpha value is -3.77. The van der Waals surface area contributed by atoms with Gasteiger partial charge in [-0.15, -0.1) is 0 Å². The Morgan fingerprint density at radius 2 is 1.42 bits per heavy atom. The Labute approximate surface area is 191 Å². The van der Waals surface area contributed by atoms with Gasteiger partial charge >= 0.3 is 0 Å². The van der Waals surface area contributed by atoms with Crippen LogP contribution in [0.3, 0.4) is 0 Å². The molecule has 1 aliphatic carbocycles. The van der Waals surface area contributed by atoms with Gasteiger partial charge in [0.1, 0.15) is 11.2 Å². The zero-order valence-electron chi connectivity index (χ0n) is 18.1. The average molecular weight is 438 g/mol. The van der Waals surface area contributed by atoms with Crippen LogP contribution in [0.1, 0.15) is 50.3 Å². The molecule has 1 amide bonds. The summed E-state index contributed by atoms with van der Waals surface area (Å²) in [5.74, 6) is 0.0653. The predicted molar refractivity (Wildman–Crippen MR) is 121 cm³/mol. The number of carbonyl (C=O) groups excluding carboxylic acids is 3. The van der Waals surface area contributed by atoms with Gasteiger partial charge in [-0.25, -0.2) is 5.01 Å². The molecule has 0 N–H and O–H groups in total. The lowest BCUT2D eigenvalue weighted by Crippen LogP contribution is -2.44. The van der Waals surface area contributed by atoms with Crippen molar-refractivity contribution in [3.8, 4) is 5.75 Å². The number of benzene rings is 3. The summed E-state index contributed by atoms with van der Waals surface area (Å²) in [6, 6.07) is 22.6. The molecule has 6 rings (SSSR count). The van der Waals surface area contributed by atoms with Crippen LogP contribution in [0.25, 0.3) is 0 Å². The summed E-state index contributed by atoms with van der Waals surface area (Å²) in [6.45, 7) is 0.456. The molecule has 0 unspecified atom stereocenters. The molecular formula is C27H22N2O4. The fraction of sp³-hybridized carbons (Fsp3) is 0.222. The highest BCUT2D eigenvalue weighted by molar-refractivity contribution is 6.31. The number of Topliss-reactive ketones (excluding diaryl/α,β-unsaturated/α-hetero) is 2. The summed E-state index contributed by atoms with van der Waals surface area (Å²) in [5, 5.41) is 3.59. The van der Waals surface area contributed by atoms with Crippen LogP contribution in [0.5, 0.6) is 5.75 Å². The van der Waals surface area contributed by atoms with Crippen LogP contribution >= 0.6 is 0 Å². The topological polar surface area (TPSA) is 66.9 Å². The molecule has 2 fully saturated rings. The Morgan fingerprint density at radius 3 is 2.09 bits per heavy atom. The van der Waals surface area contributed by atoms with E-state index in [1.807, 2.05) is 59.6 Å². The number of hydrazine groups is 1. The molecule has 3 aromatic rings. The third-order valence-electron chi connectivity index (χ3n) is 7.18. The smallest absolute Gasteiger partial charge is 0.238 e. The van der Waals surface area contributed by atoms with Crippen molar-refractivity contribution in [2.45, 2.75) is 18.5 Å². The van der Waals surface area contributed by atoms with Crippen LogP contribution < -0.4 is 4.74 Å². The van der Waals surface area contributed by atoms with E-state index in [-0.39, 0.29) is 17.5 Å². The first kappa shape index (κ1) is 19.9. The molecule has 6 nitrogen and oxygen atoms in total. The second-order valence-electron chi connectivity index (χ2n) is 8.72. The number of fused-ring (bicyclic) bond motifs is 2. The van der Waals surface area contributed by atoms with Crippen LogP contribution in [0.2, 0.25) is 0 Å². The normalized spacial score (nSPS) is 23.3. The van der Waals surface area contributed by atoms with E-state index in [2.05, 4.69) is 0 Å². The average Bonchev–Trinajstić information content (AvgIpc) is 3.45. The number of rotatable bonds is 3. The first-order valence-corrected chi connectivity index (χ1v) is 11.0. The van der Waals surface area contributed by atoms with E-state index in [1.165, 1.54) is 0 Å². The van der Waals surface area contributed by atoms with E-state index >= 15 is 0 Å². The number of hydrogen-bond donors (Lipinski definition) is 0. The molecule has 3 aliphatic rings. The van der Waals surface area contributed by atoms with Crippen LogP contribution in [-0.2, 0) is 4.79 Å². The molecule has 2 saturated heterocycles. The zero-order chi connectivity index (χ0) is 22.7. The maximum absolute atomic E-state index is 14.3. The van der Waals surface area contributed by atoms with Gasteiger partial charge in [-0.3, -0.25) is 19.4 Å². The van der Waals surface area contributed by atoms with Crippen molar-refractivity contribution in [1.29, 1.82) is 0 Å². The van der Waals surface area contributed by atoms with Crippen molar-refractivity contribution >= 4 is 17.5 Å². The molecule has 2 heterocycles. The predicted octanol–water partition coefficient (Wildman–Crippen LogP) is 4.01.